The van der Waals surface area contributed by atoms with Crippen molar-refractivity contribution < 1.29 is 29.7 Å². The number of hydrogen-bond donors (Lipinski definition) is 3. The number of carboxylic acid groups (broad SMARTS) is 3. The first kappa shape index (κ1) is 86.8. The van der Waals surface area contributed by atoms with E-state index in [1.54, 1.807) is 0 Å². The monoisotopic (exact) mass is 1070 g/mol. The molecule has 0 aromatic carbocycles. The predicted octanol–water partition coefficient (Wildman–Crippen LogP) is 18.0. The van der Waals surface area contributed by atoms with Crippen molar-refractivity contribution in [1.29, 1.82) is 0 Å². The maximum absolute atomic E-state index is 10.4. The van der Waals surface area contributed by atoms with Crippen LogP contribution in [0.2, 0.25) is 0 Å². The van der Waals surface area contributed by atoms with Crippen molar-refractivity contribution in [3.8, 4) is 0 Å². The third kappa shape index (κ3) is 96.6. The van der Waals surface area contributed by atoms with Crippen LogP contribution in [0.5, 0.6) is 0 Å². The fraction of sp³-hybridized carbons (Fsp3) is 0.948. The van der Waals surface area contributed by atoms with Crippen molar-refractivity contribution in [1.82, 2.24) is 0 Å². The molecule has 3 N–H and O–H groups in total. The van der Waals surface area contributed by atoms with Gasteiger partial charge in [0.1, 0.15) is 0 Å². The van der Waals surface area contributed by atoms with E-state index < -0.39 is 17.9 Å². The summed E-state index contributed by atoms with van der Waals surface area (Å²) in [6.45, 7) is 6.82. The number of aliphatic carboxylic acids is 3. The van der Waals surface area contributed by atoms with Gasteiger partial charge in [-0.3, -0.25) is 14.4 Å². The van der Waals surface area contributed by atoms with Crippen LogP contribution in [0.4, 0.5) is 0 Å². The van der Waals surface area contributed by atoms with Crippen molar-refractivity contribution in [3.63, 3.8) is 0 Å². The normalized spacial score (nSPS) is 10.3. The average Bonchev–Trinajstić information content (AvgIpc) is 3.27. The van der Waals surface area contributed by atoms with Gasteiger partial charge < -0.3 is 15.3 Å². The van der Waals surface area contributed by atoms with Crippen molar-refractivity contribution in [2.24, 2.45) is 0 Å². The second-order valence-corrected chi connectivity index (χ2v) is 19.7. The van der Waals surface area contributed by atoms with E-state index in [0.717, 1.165) is 38.5 Å². The Bertz CT molecular complexity index is 853. The van der Waals surface area contributed by atoms with Gasteiger partial charge in [-0.2, -0.15) is 0 Å². The zero-order valence-electron chi connectivity index (χ0n) is 43.8. The molecule has 6 nitrogen and oxygen atoms in total. The molecule has 0 aliphatic heterocycles. The van der Waals surface area contributed by atoms with Crippen molar-refractivity contribution in [2.45, 2.75) is 355 Å². The second kappa shape index (κ2) is 83.3. The predicted molar refractivity (Wildman–Crippen MR) is 309 cm³/mol. The summed E-state index contributed by atoms with van der Waals surface area (Å²) >= 11 is 0. The molecule has 0 rings (SSSR count). The molecule has 0 aliphatic carbocycles. The number of carbonyl (C=O) groups is 3. The maximum atomic E-state index is 10.4. The minimum atomic E-state index is -0.653. The Hall–Kier alpha value is 4.96. The van der Waals surface area contributed by atoms with Crippen LogP contribution in [0, 0.1) is 0 Å². The molecule has 0 saturated carbocycles. The third-order valence-corrected chi connectivity index (χ3v) is 13.0. The summed E-state index contributed by atoms with van der Waals surface area (Å²) in [5.74, 6) is -1.96. The van der Waals surface area contributed by atoms with Gasteiger partial charge in [0.25, 0.3) is 0 Å². The van der Waals surface area contributed by atoms with E-state index in [1.165, 1.54) is 276 Å². The van der Waals surface area contributed by atoms with Gasteiger partial charge in [-0.1, -0.05) is 316 Å². The molecular formula is C58H120K4O6. The molecule has 0 bridgehead atoms. The van der Waals surface area contributed by atoms with E-state index in [4.69, 9.17) is 15.3 Å². The molecule has 68 heavy (non-hydrogen) atoms. The van der Waals surface area contributed by atoms with Gasteiger partial charge in [0, 0.05) is 19.3 Å². The molecule has 0 atom stereocenters. The van der Waals surface area contributed by atoms with Crippen LogP contribution in [0.3, 0.4) is 0 Å². The fourth-order valence-corrected chi connectivity index (χ4v) is 8.65. The third-order valence-electron chi connectivity index (χ3n) is 13.0. The van der Waals surface area contributed by atoms with E-state index in [2.05, 4.69) is 20.8 Å². The Balaban J connectivity index is -0.000000160. The number of hydrogen-bond acceptors (Lipinski definition) is 3. The second-order valence-electron chi connectivity index (χ2n) is 19.7. The summed E-state index contributed by atoms with van der Waals surface area (Å²) in [5.41, 5.74) is 0. The summed E-state index contributed by atoms with van der Waals surface area (Å²) < 4.78 is 0. The Kier molecular flexibility index (Phi) is 106. The van der Waals surface area contributed by atoms with Gasteiger partial charge in [-0.05, 0) is 19.3 Å². The van der Waals surface area contributed by atoms with Crippen molar-refractivity contribution in [2.75, 3.05) is 0 Å². The zero-order chi connectivity index (χ0) is 47.5. The summed E-state index contributed by atoms with van der Waals surface area (Å²) in [5, 5.41) is 25.6. The molecule has 0 saturated heterocycles. The number of rotatable bonds is 52. The summed E-state index contributed by atoms with van der Waals surface area (Å²) in [7, 11) is 0. The summed E-state index contributed by atoms with van der Waals surface area (Å²) in [4.78, 5) is 31.0. The topological polar surface area (TPSA) is 112 Å². The van der Waals surface area contributed by atoms with E-state index in [-0.39, 0.29) is 206 Å². The Morgan fingerprint density at radius 1 is 0.191 bits per heavy atom. The molecule has 0 aliphatic rings. The van der Waals surface area contributed by atoms with Gasteiger partial charge in [0.2, 0.25) is 0 Å². The van der Waals surface area contributed by atoms with Gasteiger partial charge >= 0.3 is 223 Å². The van der Waals surface area contributed by atoms with Crippen molar-refractivity contribution in [3.05, 3.63) is 0 Å². The van der Waals surface area contributed by atoms with Crippen LogP contribution in [0.25, 0.3) is 0 Å². The Morgan fingerprint density at radius 3 is 0.368 bits per heavy atom. The van der Waals surface area contributed by atoms with E-state index in [0.29, 0.717) is 19.3 Å². The molecule has 10 heteroatoms. The summed E-state index contributed by atoms with van der Waals surface area (Å²) in [6.07, 6.45) is 66.5. The Labute approximate surface area is 596 Å². The quantitative estimate of drug-likeness (QED) is 0.0413. The van der Waals surface area contributed by atoms with Gasteiger partial charge in [0.05, 0.1) is 0 Å². The molecule has 0 aromatic rings. The first-order valence-electron chi connectivity index (χ1n) is 29.0. The molecule has 0 fully saturated rings. The number of carboxylic acids is 3. The molecular weight excluding hydrogens is 949 g/mol. The molecule has 0 spiro atoms. The molecule has 0 amide bonds. The van der Waals surface area contributed by atoms with Crippen LogP contribution < -0.4 is 0 Å². The molecule has 0 heterocycles. The standard InChI is InChI=1S/C22H44O2.2C18H36O2.4K.4H/c1-2-3-4-5-6-7-8-9-10-11-12-13-14-15-16-17-18-19-20-21-22(23)24;2*1-2-3-4-5-6-7-8-9-10-11-12-13-14-15-16-17-18(19)20;;;;;;;;/h2-21H2,1H3,(H,23,24);2*2-17H2,1H3,(H,19,20);;;;;;;;. The van der Waals surface area contributed by atoms with E-state index >= 15 is 0 Å². The van der Waals surface area contributed by atoms with Crippen LogP contribution in [0.15, 0.2) is 0 Å². The molecule has 392 valence electrons. The van der Waals surface area contributed by atoms with Crippen LogP contribution >= 0.6 is 0 Å². The van der Waals surface area contributed by atoms with Crippen LogP contribution in [-0.4, -0.2) is 239 Å². The first-order valence-corrected chi connectivity index (χ1v) is 29.0. The SMILES string of the molecule is CCCCCCCCCCCCCCCCCC(=O)O.CCCCCCCCCCCCCCCCCC(=O)O.CCCCCCCCCCCCCCCCCCCCCC(=O)O.[KH].[KH].[KH].[KH]. The van der Waals surface area contributed by atoms with Crippen LogP contribution in [-0.2, 0) is 14.4 Å². The minimum absolute atomic E-state index is 0. The van der Waals surface area contributed by atoms with Crippen molar-refractivity contribution >= 4 is 223 Å². The van der Waals surface area contributed by atoms with Gasteiger partial charge in [-0.15, -0.1) is 0 Å². The van der Waals surface area contributed by atoms with Crippen LogP contribution in [0.1, 0.15) is 355 Å². The van der Waals surface area contributed by atoms with E-state index in [1.807, 2.05) is 0 Å². The fourth-order valence-electron chi connectivity index (χ4n) is 8.65. The molecule has 0 aromatic heterocycles. The number of unbranched alkanes of at least 4 members (excludes halogenated alkanes) is 46. The average molecular weight is 1070 g/mol. The van der Waals surface area contributed by atoms with Gasteiger partial charge in [-0.25, -0.2) is 0 Å². The molecule has 0 radical (unpaired) electrons. The Morgan fingerprint density at radius 2 is 0.279 bits per heavy atom. The van der Waals surface area contributed by atoms with E-state index in [9.17, 15) is 14.4 Å². The zero-order valence-corrected chi connectivity index (χ0v) is 43.8. The summed E-state index contributed by atoms with van der Waals surface area (Å²) in [6, 6.07) is 0. The first-order chi connectivity index (χ1) is 31.3. The molecule has 0 unspecified atom stereocenters. The van der Waals surface area contributed by atoms with Gasteiger partial charge in [0.15, 0.2) is 0 Å².